The van der Waals surface area contributed by atoms with Crippen LogP contribution in [0.3, 0.4) is 0 Å². The zero-order valence-electron chi connectivity index (χ0n) is 18.2. The van der Waals surface area contributed by atoms with Crippen molar-refractivity contribution in [2.45, 2.75) is 32.2 Å². The lowest BCUT2D eigenvalue weighted by molar-refractivity contribution is -0.385. The summed E-state index contributed by atoms with van der Waals surface area (Å²) in [5, 5.41) is 28.2. The number of anilines is 2. The lowest BCUT2D eigenvalue weighted by Crippen LogP contribution is -2.33. The predicted molar refractivity (Wildman–Crippen MR) is 123 cm³/mol. The molecule has 0 saturated heterocycles. The van der Waals surface area contributed by atoms with Crippen molar-refractivity contribution < 1.29 is 19.3 Å². The minimum absolute atomic E-state index is 0.0256. The van der Waals surface area contributed by atoms with Crippen LogP contribution in [0.25, 0.3) is 0 Å². The van der Waals surface area contributed by atoms with Crippen molar-refractivity contribution in [1.29, 1.82) is 0 Å². The molecule has 0 spiro atoms. The van der Waals surface area contributed by atoms with Crippen LogP contribution in [0.15, 0.2) is 48.5 Å². The molecule has 2 rings (SSSR count). The number of rotatable bonds is 16. The minimum atomic E-state index is -0.441. The highest BCUT2D eigenvalue weighted by Crippen LogP contribution is 2.18. The molecule has 0 heterocycles. The molecule has 0 bridgehead atoms. The third-order valence-electron chi connectivity index (χ3n) is 4.57. The highest BCUT2D eigenvalue weighted by molar-refractivity contribution is 5.51. The van der Waals surface area contributed by atoms with Gasteiger partial charge in [-0.15, -0.1) is 0 Å². The zero-order valence-corrected chi connectivity index (χ0v) is 18.2. The van der Waals surface area contributed by atoms with E-state index in [4.69, 9.17) is 9.47 Å². The fraction of sp³-hybridized carbons (Fsp3) is 0.455. The molecule has 10 heteroatoms. The molecule has 2 N–H and O–H groups in total. The van der Waals surface area contributed by atoms with E-state index in [2.05, 4.69) is 17.6 Å². The van der Waals surface area contributed by atoms with Gasteiger partial charge in [0.25, 0.3) is 11.4 Å². The summed E-state index contributed by atoms with van der Waals surface area (Å²) in [6, 6.07) is 12.3. The Labute approximate surface area is 187 Å². The van der Waals surface area contributed by atoms with E-state index in [0.717, 1.165) is 43.9 Å². The third-order valence-corrected chi connectivity index (χ3v) is 4.57. The van der Waals surface area contributed by atoms with E-state index in [0.29, 0.717) is 19.8 Å². The Bertz CT molecular complexity index is 829. The molecule has 0 amide bonds. The molecule has 0 radical (unpaired) electrons. The minimum Gasteiger partial charge on any atom is -0.383 e. The number of ether oxygens (including phenoxy) is 2. The van der Waals surface area contributed by atoms with Crippen molar-refractivity contribution in [3.05, 3.63) is 68.8 Å². The summed E-state index contributed by atoms with van der Waals surface area (Å²) in [5.74, 6) is 0. The van der Waals surface area contributed by atoms with Crippen LogP contribution in [0.1, 0.15) is 26.2 Å². The first-order chi connectivity index (χ1) is 15.5. The number of nitrogens with zero attached hydrogens (tertiary/aromatic N) is 2. The van der Waals surface area contributed by atoms with Crippen LogP contribution < -0.4 is 10.6 Å². The molecule has 0 aromatic heterocycles. The molecule has 1 unspecified atom stereocenters. The van der Waals surface area contributed by atoms with Gasteiger partial charge in [-0.25, -0.2) is 0 Å². The number of nitro benzene ring substituents is 2. The zero-order chi connectivity index (χ0) is 23.2. The van der Waals surface area contributed by atoms with Crippen molar-refractivity contribution in [3.8, 4) is 0 Å². The monoisotopic (exact) mass is 446 g/mol. The summed E-state index contributed by atoms with van der Waals surface area (Å²) in [5.41, 5.74) is 1.54. The fourth-order valence-electron chi connectivity index (χ4n) is 2.89. The normalized spacial score (nSPS) is 11.7. The standard InChI is InChI=1S/C22H30N4O6/c1-2-13-31-14-3-4-15-32-17-20(24-19-7-11-22(12-8-19)26(29)30)16-23-18-5-9-21(10-6-18)25(27)28/h5-12,20,23-24H,2-4,13-17H2,1H3. The summed E-state index contributed by atoms with van der Waals surface area (Å²) in [6.07, 6.45) is 2.83. The molecule has 0 saturated carbocycles. The van der Waals surface area contributed by atoms with Gasteiger partial charge in [-0.05, 0) is 43.5 Å². The average molecular weight is 447 g/mol. The van der Waals surface area contributed by atoms with Gasteiger partial charge in [-0.2, -0.15) is 0 Å². The number of nitrogens with one attached hydrogen (secondary N) is 2. The van der Waals surface area contributed by atoms with E-state index in [1.807, 2.05) is 0 Å². The van der Waals surface area contributed by atoms with Crippen LogP contribution in [0, 0.1) is 20.2 Å². The molecular weight excluding hydrogens is 416 g/mol. The first-order valence-electron chi connectivity index (χ1n) is 10.6. The van der Waals surface area contributed by atoms with E-state index in [9.17, 15) is 20.2 Å². The van der Waals surface area contributed by atoms with Crippen molar-refractivity contribution in [1.82, 2.24) is 0 Å². The second-order valence-electron chi connectivity index (χ2n) is 7.22. The Morgan fingerprint density at radius 1 is 0.812 bits per heavy atom. The van der Waals surface area contributed by atoms with E-state index in [1.165, 1.54) is 24.3 Å². The molecule has 2 aromatic rings. The summed E-state index contributed by atoms with van der Waals surface area (Å²) in [6.45, 7) is 5.10. The summed E-state index contributed by atoms with van der Waals surface area (Å²) < 4.78 is 11.3. The molecule has 2 aromatic carbocycles. The Balaban J connectivity index is 1.87. The summed E-state index contributed by atoms with van der Waals surface area (Å²) >= 11 is 0. The number of nitro groups is 2. The maximum Gasteiger partial charge on any atom is 0.269 e. The molecule has 10 nitrogen and oxygen atoms in total. The van der Waals surface area contributed by atoms with Gasteiger partial charge in [0.15, 0.2) is 0 Å². The molecule has 0 aliphatic rings. The van der Waals surface area contributed by atoms with Gasteiger partial charge in [0.05, 0.1) is 22.5 Å². The van der Waals surface area contributed by atoms with Crippen molar-refractivity contribution in [2.24, 2.45) is 0 Å². The number of hydrogen-bond donors (Lipinski definition) is 2. The van der Waals surface area contributed by atoms with Gasteiger partial charge < -0.3 is 20.1 Å². The fourth-order valence-corrected chi connectivity index (χ4v) is 2.89. The number of non-ortho nitro benzene ring substituents is 2. The van der Waals surface area contributed by atoms with Crippen LogP contribution in [0.5, 0.6) is 0 Å². The van der Waals surface area contributed by atoms with E-state index >= 15 is 0 Å². The van der Waals surface area contributed by atoms with E-state index in [-0.39, 0.29) is 17.4 Å². The van der Waals surface area contributed by atoms with E-state index in [1.54, 1.807) is 24.3 Å². The first kappa shape index (κ1) is 25.0. The number of hydrogen-bond acceptors (Lipinski definition) is 8. The van der Waals surface area contributed by atoms with Crippen LogP contribution in [-0.2, 0) is 9.47 Å². The number of unbranched alkanes of at least 4 members (excludes halogenated alkanes) is 1. The summed E-state index contributed by atoms with van der Waals surface area (Å²) in [7, 11) is 0. The first-order valence-corrected chi connectivity index (χ1v) is 10.6. The Hall–Kier alpha value is -3.24. The van der Waals surface area contributed by atoms with E-state index < -0.39 is 9.85 Å². The molecule has 174 valence electrons. The van der Waals surface area contributed by atoms with Crippen LogP contribution in [0.4, 0.5) is 22.7 Å². The molecule has 1 atom stereocenters. The van der Waals surface area contributed by atoms with Crippen molar-refractivity contribution >= 4 is 22.7 Å². The lowest BCUT2D eigenvalue weighted by atomic mass is 10.2. The third kappa shape index (κ3) is 9.27. The maximum absolute atomic E-state index is 10.8. The largest absolute Gasteiger partial charge is 0.383 e. The molecular formula is C22H30N4O6. The Kier molecular flexibility index (Phi) is 10.9. The van der Waals surface area contributed by atoms with Crippen LogP contribution in [-0.4, -0.2) is 48.9 Å². The summed E-state index contributed by atoms with van der Waals surface area (Å²) in [4.78, 5) is 20.8. The maximum atomic E-state index is 10.8. The van der Waals surface area contributed by atoms with Gasteiger partial charge in [0.2, 0.25) is 0 Å². The molecule has 32 heavy (non-hydrogen) atoms. The highest BCUT2D eigenvalue weighted by atomic mass is 16.6. The van der Waals surface area contributed by atoms with Gasteiger partial charge in [-0.1, -0.05) is 6.92 Å². The lowest BCUT2D eigenvalue weighted by Gasteiger charge is -2.21. The highest BCUT2D eigenvalue weighted by Gasteiger charge is 2.12. The van der Waals surface area contributed by atoms with Crippen LogP contribution >= 0.6 is 0 Å². The quantitative estimate of drug-likeness (QED) is 0.217. The predicted octanol–water partition coefficient (Wildman–Crippen LogP) is 4.62. The van der Waals surface area contributed by atoms with Crippen LogP contribution in [0.2, 0.25) is 0 Å². The second kappa shape index (κ2) is 13.9. The topological polar surface area (TPSA) is 129 Å². The SMILES string of the molecule is CCCOCCCCOCC(CNc1ccc([N+](=O)[O-])cc1)Nc1ccc([N+](=O)[O-])cc1. The smallest absolute Gasteiger partial charge is 0.269 e. The molecule has 0 aliphatic heterocycles. The van der Waals surface area contributed by atoms with Gasteiger partial charge in [0.1, 0.15) is 0 Å². The van der Waals surface area contributed by atoms with Gasteiger partial charge >= 0.3 is 0 Å². The molecule has 0 aliphatic carbocycles. The molecule has 0 fully saturated rings. The average Bonchev–Trinajstić information content (AvgIpc) is 2.79. The second-order valence-corrected chi connectivity index (χ2v) is 7.22. The van der Waals surface area contributed by atoms with Crippen molar-refractivity contribution in [3.63, 3.8) is 0 Å². The van der Waals surface area contributed by atoms with Crippen molar-refractivity contribution in [2.75, 3.05) is 43.6 Å². The Morgan fingerprint density at radius 3 is 1.88 bits per heavy atom. The number of benzene rings is 2. The van der Waals surface area contributed by atoms with Gasteiger partial charge in [0, 0.05) is 62.0 Å². The Morgan fingerprint density at radius 2 is 1.34 bits per heavy atom. The van der Waals surface area contributed by atoms with Gasteiger partial charge in [-0.3, -0.25) is 20.2 Å².